The van der Waals surface area contributed by atoms with Crippen LogP contribution in [0.1, 0.15) is 51.8 Å². The predicted octanol–water partition coefficient (Wildman–Crippen LogP) is 4.99. The summed E-state index contributed by atoms with van der Waals surface area (Å²) in [6, 6.07) is 11.1. The number of urea groups is 1. The highest BCUT2D eigenvalue weighted by Gasteiger charge is 2.27. The highest BCUT2D eigenvalue weighted by atomic mass is 32.1. The molecular formula is C20H24N2O3S. The second-order valence-corrected chi connectivity index (χ2v) is 7.83. The predicted molar refractivity (Wildman–Crippen MR) is 104 cm³/mol. The van der Waals surface area contributed by atoms with Gasteiger partial charge in [0.25, 0.3) is 0 Å². The number of methoxy groups -OCH3 is 1. The van der Waals surface area contributed by atoms with Crippen LogP contribution in [0, 0.1) is 6.92 Å². The average molecular weight is 372 g/mol. The van der Waals surface area contributed by atoms with Gasteiger partial charge in [0.05, 0.1) is 18.7 Å². The van der Waals surface area contributed by atoms with Crippen molar-refractivity contribution in [2.45, 2.75) is 38.6 Å². The minimum Gasteiger partial charge on any atom is -0.465 e. The van der Waals surface area contributed by atoms with Crippen LogP contribution in [-0.2, 0) is 4.74 Å². The van der Waals surface area contributed by atoms with Crippen LogP contribution < -0.4 is 5.32 Å². The lowest BCUT2D eigenvalue weighted by molar-refractivity contribution is 0.0600. The molecule has 1 aliphatic heterocycles. The first-order valence-corrected chi connectivity index (χ1v) is 9.72. The third-order valence-corrected chi connectivity index (χ3v) is 5.76. The van der Waals surface area contributed by atoms with Crippen molar-refractivity contribution in [2.75, 3.05) is 19.0 Å². The standard InChI is InChI=1S/C20H24N2O3S/c1-14-7-12-18(26-14)17-6-4-3-5-13-22(17)20(24)21-16-10-8-15(9-11-16)19(23)25-2/h7-12,17H,3-6,13H2,1-2H3,(H,21,24). The average Bonchev–Trinajstić information content (AvgIpc) is 2.93. The maximum atomic E-state index is 12.9. The van der Waals surface area contributed by atoms with Crippen molar-refractivity contribution in [3.8, 4) is 0 Å². The molecule has 1 fully saturated rings. The van der Waals surface area contributed by atoms with E-state index in [2.05, 4.69) is 24.4 Å². The van der Waals surface area contributed by atoms with Crippen molar-refractivity contribution in [1.29, 1.82) is 0 Å². The number of amides is 2. The number of rotatable bonds is 3. The molecule has 26 heavy (non-hydrogen) atoms. The fraction of sp³-hybridized carbons (Fsp3) is 0.400. The minimum atomic E-state index is -0.386. The molecule has 1 atom stereocenters. The van der Waals surface area contributed by atoms with Crippen LogP contribution in [0.2, 0.25) is 0 Å². The number of ether oxygens (including phenoxy) is 1. The number of hydrogen-bond acceptors (Lipinski definition) is 4. The molecule has 2 heterocycles. The van der Waals surface area contributed by atoms with Crippen molar-refractivity contribution in [1.82, 2.24) is 4.90 Å². The largest absolute Gasteiger partial charge is 0.465 e. The maximum absolute atomic E-state index is 12.9. The summed E-state index contributed by atoms with van der Waals surface area (Å²) in [7, 11) is 1.35. The Morgan fingerprint density at radius 3 is 2.54 bits per heavy atom. The molecular weight excluding hydrogens is 348 g/mol. The molecule has 0 aliphatic carbocycles. The van der Waals surface area contributed by atoms with E-state index in [4.69, 9.17) is 4.74 Å². The molecule has 1 saturated heterocycles. The molecule has 1 unspecified atom stereocenters. The van der Waals surface area contributed by atoms with Crippen LogP contribution in [0.25, 0.3) is 0 Å². The second kappa shape index (κ2) is 8.36. The number of carbonyl (C=O) groups excluding carboxylic acids is 2. The van der Waals surface area contributed by atoms with Crippen molar-refractivity contribution >= 4 is 29.0 Å². The van der Waals surface area contributed by atoms with Gasteiger partial charge in [-0.15, -0.1) is 11.3 Å². The van der Waals surface area contributed by atoms with E-state index < -0.39 is 0 Å². The Bertz CT molecular complexity index is 770. The number of nitrogens with zero attached hydrogens (tertiary/aromatic N) is 1. The van der Waals surface area contributed by atoms with E-state index in [1.807, 2.05) is 4.90 Å². The number of nitrogens with one attached hydrogen (secondary N) is 1. The SMILES string of the molecule is COC(=O)c1ccc(NC(=O)N2CCCCCC2c2ccc(C)s2)cc1. The van der Waals surface area contributed by atoms with Crippen LogP contribution in [0.3, 0.4) is 0 Å². The Kier molecular flexibility index (Phi) is 5.93. The van der Waals surface area contributed by atoms with Gasteiger partial charge in [0.2, 0.25) is 0 Å². The fourth-order valence-corrected chi connectivity index (χ4v) is 4.31. The van der Waals surface area contributed by atoms with Crippen molar-refractivity contribution in [3.05, 3.63) is 51.7 Å². The van der Waals surface area contributed by atoms with E-state index in [9.17, 15) is 9.59 Å². The highest BCUT2D eigenvalue weighted by molar-refractivity contribution is 7.12. The van der Waals surface area contributed by atoms with E-state index in [1.165, 1.54) is 16.9 Å². The second-order valence-electron chi connectivity index (χ2n) is 6.51. The molecule has 5 nitrogen and oxygen atoms in total. The topological polar surface area (TPSA) is 58.6 Å². The summed E-state index contributed by atoms with van der Waals surface area (Å²) in [5.41, 5.74) is 1.14. The first-order chi connectivity index (χ1) is 12.6. The van der Waals surface area contributed by atoms with Gasteiger partial charge in [-0.05, 0) is 56.2 Å². The van der Waals surface area contributed by atoms with E-state index >= 15 is 0 Å². The number of aryl methyl sites for hydroxylation is 1. The summed E-state index contributed by atoms with van der Waals surface area (Å²) < 4.78 is 4.70. The summed E-state index contributed by atoms with van der Waals surface area (Å²) in [6.07, 6.45) is 4.31. The maximum Gasteiger partial charge on any atom is 0.337 e. The quantitative estimate of drug-likeness (QED) is 0.772. The number of likely N-dealkylation sites (tertiary alicyclic amines) is 1. The van der Waals surface area contributed by atoms with Crippen LogP contribution in [0.15, 0.2) is 36.4 Å². The summed E-state index contributed by atoms with van der Waals surface area (Å²) in [6.45, 7) is 2.85. The highest BCUT2D eigenvalue weighted by Crippen LogP contribution is 2.34. The van der Waals surface area contributed by atoms with Crippen LogP contribution in [-0.4, -0.2) is 30.6 Å². The zero-order valence-electron chi connectivity index (χ0n) is 15.2. The van der Waals surface area contributed by atoms with Crippen LogP contribution in [0.5, 0.6) is 0 Å². The Morgan fingerprint density at radius 1 is 1.12 bits per heavy atom. The minimum absolute atomic E-state index is 0.0891. The van der Waals surface area contributed by atoms with E-state index in [1.54, 1.807) is 35.6 Å². The van der Waals surface area contributed by atoms with E-state index in [0.29, 0.717) is 11.3 Å². The number of benzene rings is 1. The number of hydrogen-bond donors (Lipinski definition) is 1. The summed E-state index contributed by atoms with van der Waals surface area (Å²) >= 11 is 1.77. The van der Waals surface area contributed by atoms with Crippen molar-refractivity contribution in [2.24, 2.45) is 0 Å². The molecule has 2 amide bonds. The molecule has 3 rings (SSSR count). The molecule has 1 aliphatic rings. The molecule has 6 heteroatoms. The summed E-state index contributed by atoms with van der Waals surface area (Å²) in [5.74, 6) is -0.386. The fourth-order valence-electron chi connectivity index (χ4n) is 3.28. The first kappa shape index (κ1) is 18.5. The lowest BCUT2D eigenvalue weighted by atomic mass is 10.1. The van der Waals surface area contributed by atoms with Gasteiger partial charge < -0.3 is 15.0 Å². The normalized spacial score (nSPS) is 17.5. The lowest BCUT2D eigenvalue weighted by Gasteiger charge is -2.29. The molecule has 1 aromatic carbocycles. The van der Waals surface area contributed by atoms with Gasteiger partial charge in [-0.2, -0.15) is 0 Å². The smallest absolute Gasteiger partial charge is 0.337 e. The van der Waals surface area contributed by atoms with Gasteiger partial charge in [-0.25, -0.2) is 9.59 Å². The lowest BCUT2D eigenvalue weighted by Crippen LogP contribution is -2.37. The molecule has 1 N–H and O–H groups in total. The monoisotopic (exact) mass is 372 g/mol. The van der Waals surface area contributed by atoms with E-state index in [-0.39, 0.29) is 18.0 Å². The van der Waals surface area contributed by atoms with Crippen molar-refractivity contribution in [3.63, 3.8) is 0 Å². The molecule has 1 aromatic heterocycles. The Labute approximate surface area is 158 Å². The molecule has 0 radical (unpaired) electrons. The molecule has 138 valence electrons. The number of anilines is 1. The summed E-state index contributed by atoms with van der Waals surface area (Å²) in [5, 5.41) is 2.97. The zero-order chi connectivity index (χ0) is 18.5. The Morgan fingerprint density at radius 2 is 1.88 bits per heavy atom. The number of carbonyl (C=O) groups is 2. The molecule has 0 spiro atoms. The number of esters is 1. The number of thiophene rings is 1. The van der Waals surface area contributed by atoms with Gasteiger partial charge in [-0.1, -0.05) is 12.8 Å². The van der Waals surface area contributed by atoms with E-state index in [0.717, 1.165) is 32.2 Å². The Balaban J connectivity index is 1.74. The van der Waals surface area contributed by atoms with Gasteiger partial charge in [0.15, 0.2) is 0 Å². The van der Waals surface area contributed by atoms with Crippen LogP contribution in [0.4, 0.5) is 10.5 Å². The van der Waals surface area contributed by atoms with Gasteiger partial charge >= 0.3 is 12.0 Å². The zero-order valence-corrected chi connectivity index (χ0v) is 16.0. The third kappa shape index (κ3) is 4.25. The summed E-state index contributed by atoms with van der Waals surface area (Å²) in [4.78, 5) is 28.9. The first-order valence-electron chi connectivity index (χ1n) is 8.91. The van der Waals surface area contributed by atoms with Gasteiger partial charge in [0.1, 0.15) is 0 Å². The van der Waals surface area contributed by atoms with Gasteiger partial charge in [0, 0.05) is 22.0 Å². The molecule has 0 saturated carbocycles. The third-order valence-electron chi connectivity index (χ3n) is 4.66. The molecule has 2 aromatic rings. The van der Waals surface area contributed by atoms with Crippen LogP contribution >= 0.6 is 11.3 Å². The van der Waals surface area contributed by atoms with Gasteiger partial charge in [-0.3, -0.25) is 0 Å². The Hall–Kier alpha value is -2.34. The molecule has 0 bridgehead atoms. The van der Waals surface area contributed by atoms with Crippen molar-refractivity contribution < 1.29 is 14.3 Å².